The van der Waals surface area contributed by atoms with Crippen molar-refractivity contribution in [3.8, 4) is 0 Å². The number of thiazole rings is 1. The van der Waals surface area contributed by atoms with Gasteiger partial charge in [-0.2, -0.15) is 0 Å². The summed E-state index contributed by atoms with van der Waals surface area (Å²) in [5.41, 5.74) is 0. The summed E-state index contributed by atoms with van der Waals surface area (Å²) in [7, 11) is 1.80. The monoisotopic (exact) mass is 325 g/mol. The van der Waals surface area contributed by atoms with Crippen LogP contribution in [0, 0.1) is 6.92 Å². The average Bonchev–Trinajstić information content (AvgIpc) is 2.86. The molecule has 0 amide bonds. The molecule has 0 aliphatic rings. The van der Waals surface area contributed by atoms with Crippen molar-refractivity contribution < 1.29 is 0 Å². The molecule has 0 aliphatic heterocycles. The van der Waals surface area contributed by atoms with E-state index in [2.05, 4.69) is 60.1 Å². The SMILES string of the molecule is CN=C(NCCCN(C(C)C)C(C)C)NCc1ncc(C)s1. The summed E-state index contributed by atoms with van der Waals surface area (Å²) in [4.78, 5) is 12.3. The summed E-state index contributed by atoms with van der Waals surface area (Å²) >= 11 is 1.72. The van der Waals surface area contributed by atoms with E-state index in [1.54, 1.807) is 18.4 Å². The van der Waals surface area contributed by atoms with Crippen LogP contribution in [0.4, 0.5) is 0 Å². The quantitative estimate of drug-likeness (QED) is 0.438. The number of hydrogen-bond acceptors (Lipinski definition) is 4. The number of aromatic nitrogens is 1. The molecular weight excluding hydrogens is 294 g/mol. The van der Waals surface area contributed by atoms with E-state index in [1.807, 2.05) is 6.20 Å². The van der Waals surface area contributed by atoms with Crippen molar-refractivity contribution in [2.75, 3.05) is 20.1 Å². The third-order valence-corrected chi connectivity index (χ3v) is 4.42. The molecule has 0 spiro atoms. The third-order valence-electron chi connectivity index (χ3n) is 3.51. The Balaban J connectivity index is 2.26. The average molecular weight is 326 g/mol. The van der Waals surface area contributed by atoms with E-state index < -0.39 is 0 Å². The van der Waals surface area contributed by atoms with Gasteiger partial charge in [-0.15, -0.1) is 11.3 Å². The highest BCUT2D eigenvalue weighted by Gasteiger charge is 2.12. The number of rotatable bonds is 8. The lowest BCUT2D eigenvalue weighted by Gasteiger charge is -2.30. The standard InChI is InChI=1S/C16H31N5S/c1-12(2)21(13(3)4)9-7-8-18-16(17-6)20-11-15-19-10-14(5)22-15/h10,12-13H,7-9,11H2,1-6H3,(H2,17,18,20). The smallest absolute Gasteiger partial charge is 0.191 e. The van der Waals surface area contributed by atoms with Crippen molar-refractivity contribution in [1.82, 2.24) is 20.5 Å². The van der Waals surface area contributed by atoms with Crippen molar-refractivity contribution in [2.24, 2.45) is 4.99 Å². The molecule has 0 saturated heterocycles. The Bertz CT molecular complexity index is 445. The molecule has 0 atom stereocenters. The minimum atomic E-state index is 0.589. The zero-order chi connectivity index (χ0) is 16.5. The van der Waals surface area contributed by atoms with Crippen LogP contribution in [0.1, 0.15) is 44.0 Å². The van der Waals surface area contributed by atoms with Crippen LogP contribution in [-0.4, -0.2) is 48.1 Å². The maximum absolute atomic E-state index is 4.35. The minimum Gasteiger partial charge on any atom is -0.356 e. The Morgan fingerprint density at radius 2 is 1.95 bits per heavy atom. The van der Waals surface area contributed by atoms with Gasteiger partial charge in [-0.1, -0.05) is 0 Å². The van der Waals surface area contributed by atoms with Gasteiger partial charge in [-0.05, 0) is 41.0 Å². The largest absolute Gasteiger partial charge is 0.356 e. The highest BCUT2D eigenvalue weighted by molar-refractivity contribution is 7.11. The zero-order valence-corrected chi connectivity index (χ0v) is 15.6. The highest BCUT2D eigenvalue weighted by atomic mass is 32.1. The molecule has 6 heteroatoms. The molecule has 126 valence electrons. The molecule has 0 unspecified atom stereocenters. The first-order valence-electron chi connectivity index (χ1n) is 8.05. The molecule has 1 heterocycles. The predicted octanol–water partition coefficient (Wildman–Crippen LogP) is 2.63. The fourth-order valence-corrected chi connectivity index (χ4v) is 3.17. The molecule has 22 heavy (non-hydrogen) atoms. The first-order valence-corrected chi connectivity index (χ1v) is 8.87. The molecule has 2 N–H and O–H groups in total. The number of aryl methyl sites for hydroxylation is 1. The van der Waals surface area contributed by atoms with Crippen molar-refractivity contribution in [2.45, 2.75) is 59.7 Å². The fourth-order valence-electron chi connectivity index (χ4n) is 2.44. The van der Waals surface area contributed by atoms with Crippen molar-refractivity contribution in [3.63, 3.8) is 0 Å². The summed E-state index contributed by atoms with van der Waals surface area (Å²) in [5, 5.41) is 7.76. The van der Waals surface area contributed by atoms with E-state index in [4.69, 9.17) is 0 Å². The Morgan fingerprint density at radius 1 is 1.27 bits per heavy atom. The summed E-state index contributed by atoms with van der Waals surface area (Å²) in [6, 6.07) is 1.18. The van der Waals surface area contributed by atoms with Gasteiger partial charge >= 0.3 is 0 Å². The van der Waals surface area contributed by atoms with Gasteiger partial charge in [0.15, 0.2) is 5.96 Å². The molecular formula is C16H31N5S. The number of hydrogen-bond donors (Lipinski definition) is 2. The van der Waals surface area contributed by atoms with E-state index in [1.165, 1.54) is 4.88 Å². The van der Waals surface area contributed by atoms with Crippen molar-refractivity contribution >= 4 is 17.3 Å². The van der Waals surface area contributed by atoms with Crippen LogP contribution in [-0.2, 0) is 6.54 Å². The Kier molecular flexibility index (Phi) is 8.42. The first kappa shape index (κ1) is 18.9. The number of nitrogens with one attached hydrogen (secondary N) is 2. The second-order valence-electron chi connectivity index (χ2n) is 6.00. The maximum atomic E-state index is 4.35. The van der Waals surface area contributed by atoms with Gasteiger partial charge in [0.05, 0.1) is 6.54 Å². The number of nitrogens with zero attached hydrogens (tertiary/aromatic N) is 3. The minimum absolute atomic E-state index is 0.589. The van der Waals surface area contributed by atoms with Gasteiger partial charge in [0.2, 0.25) is 0 Å². The Labute approximate surface area is 139 Å². The molecule has 5 nitrogen and oxygen atoms in total. The second-order valence-corrected chi connectivity index (χ2v) is 7.32. The van der Waals surface area contributed by atoms with Crippen LogP contribution in [0.5, 0.6) is 0 Å². The van der Waals surface area contributed by atoms with Gasteiger partial charge in [-0.25, -0.2) is 4.98 Å². The number of guanidine groups is 1. The third kappa shape index (κ3) is 6.75. The topological polar surface area (TPSA) is 52.6 Å². The summed E-state index contributed by atoms with van der Waals surface area (Å²) in [6.45, 7) is 13.8. The van der Waals surface area contributed by atoms with Gasteiger partial charge in [-0.3, -0.25) is 9.89 Å². The summed E-state index contributed by atoms with van der Waals surface area (Å²) in [6.07, 6.45) is 3.01. The van der Waals surface area contributed by atoms with E-state index in [0.29, 0.717) is 12.1 Å². The number of aliphatic imine (C=N–C) groups is 1. The van der Waals surface area contributed by atoms with Crippen molar-refractivity contribution in [3.05, 3.63) is 16.1 Å². The summed E-state index contributed by atoms with van der Waals surface area (Å²) < 4.78 is 0. The zero-order valence-electron chi connectivity index (χ0n) is 14.8. The second kappa shape index (κ2) is 9.79. The van der Waals surface area contributed by atoms with Gasteiger partial charge in [0.25, 0.3) is 0 Å². The van der Waals surface area contributed by atoms with Crippen molar-refractivity contribution in [1.29, 1.82) is 0 Å². The molecule has 0 aromatic carbocycles. The van der Waals surface area contributed by atoms with Gasteiger partial charge in [0, 0.05) is 43.3 Å². The predicted molar refractivity (Wildman–Crippen MR) is 96.6 cm³/mol. The molecule has 0 radical (unpaired) electrons. The molecule has 1 aromatic rings. The Hall–Kier alpha value is -1.14. The van der Waals surface area contributed by atoms with Crippen LogP contribution < -0.4 is 10.6 Å². The Morgan fingerprint density at radius 3 is 2.45 bits per heavy atom. The molecule has 1 aromatic heterocycles. The normalized spacial score (nSPS) is 12.5. The fraction of sp³-hybridized carbons (Fsp3) is 0.750. The molecule has 0 fully saturated rings. The molecule has 0 saturated carbocycles. The highest BCUT2D eigenvalue weighted by Crippen LogP contribution is 2.10. The molecule has 1 rings (SSSR count). The molecule has 0 bridgehead atoms. The maximum Gasteiger partial charge on any atom is 0.191 e. The van der Waals surface area contributed by atoms with Gasteiger partial charge in [0.1, 0.15) is 5.01 Å². The van der Waals surface area contributed by atoms with Crippen LogP contribution in [0.2, 0.25) is 0 Å². The lowest BCUT2D eigenvalue weighted by Crippen LogP contribution is -2.41. The van der Waals surface area contributed by atoms with Crippen LogP contribution in [0.15, 0.2) is 11.2 Å². The molecule has 0 aliphatic carbocycles. The lowest BCUT2D eigenvalue weighted by molar-refractivity contribution is 0.173. The van der Waals surface area contributed by atoms with Crippen LogP contribution in [0.25, 0.3) is 0 Å². The van der Waals surface area contributed by atoms with E-state index in [-0.39, 0.29) is 0 Å². The summed E-state index contributed by atoms with van der Waals surface area (Å²) in [5.74, 6) is 0.841. The van der Waals surface area contributed by atoms with E-state index in [0.717, 1.165) is 37.0 Å². The van der Waals surface area contributed by atoms with Crippen LogP contribution >= 0.6 is 11.3 Å². The lowest BCUT2D eigenvalue weighted by atomic mass is 10.2. The van der Waals surface area contributed by atoms with Crippen LogP contribution in [0.3, 0.4) is 0 Å². The van der Waals surface area contributed by atoms with E-state index in [9.17, 15) is 0 Å². The first-order chi connectivity index (χ1) is 10.4. The van der Waals surface area contributed by atoms with Gasteiger partial charge < -0.3 is 10.6 Å². The van der Waals surface area contributed by atoms with E-state index >= 15 is 0 Å².